The third-order valence-corrected chi connectivity index (χ3v) is 8.35. The number of ether oxygens (including phenoxy) is 2. The van der Waals surface area contributed by atoms with Crippen LogP contribution >= 0.6 is 0 Å². The SMILES string of the molecule is CCCCC/C=C/C/C=C/C/C=C/C/C=C/CCCCCC(=O)OC[C@H](CO)OC(=O)CCCCC/C=C/C/C=C/C/C=C/C/C=C/CCCCC. The fraction of sp³-hybridized carbons (Fsp3) is 0.617. The van der Waals surface area contributed by atoms with Crippen LogP contribution < -0.4 is 0 Å². The highest BCUT2D eigenvalue weighted by Gasteiger charge is 2.16. The average Bonchev–Trinajstić information content (AvgIpc) is 3.15. The Labute approximate surface area is 319 Å². The zero-order valence-corrected chi connectivity index (χ0v) is 33.3. The Morgan fingerprint density at radius 1 is 0.442 bits per heavy atom. The highest BCUT2D eigenvalue weighted by Crippen LogP contribution is 2.09. The van der Waals surface area contributed by atoms with Gasteiger partial charge in [0.15, 0.2) is 6.10 Å². The first-order valence-electron chi connectivity index (χ1n) is 20.8. The van der Waals surface area contributed by atoms with E-state index in [2.05, 4.69) is 111 Å². The molecule has 0 aliphatic carbocycles. The quantitative estimate of drug-likeness (QED) is 0.0396. The summed E-state index contributed by atoms with van der Waals surface area (Å²) in [4.78, 5) is 24.3. The molecule has 0 amide bonds. The van der Waals surface area contributed by atoms with Crippen LogP contribution in [0.25, 0.3) is 0 Å². The van der Waals surface area contributed by atoms with Gasteiger partial charge in [0.25, 0.3) is 0 Å². The molecule has 1 N–H and O–H groups in total. The number of unbranched alkanes of at least 4 members (excludes halogenated alkanes) is 12. The van der Waals surface area contributed by atoms with Gasteiger partial charge in [-0.05, 0) is 103 Å². The summed E-state index contributed by atoms with van der Waals surface area (Å²) >= 11 is 0. The molecule has 0 fully saturated rings. The molecule has 0 radical (unpaired) electrons. The van der Waals surface area contributed by atoms with Crippen LogP contribution in [-0.4, -0.2) is 36.4 Å². The van der Waals surface area contributed by atoms with Gasteiger partial charge in [0.1, 0.15) is 6.61 Å². The molecular weight excluding hydrogens is 645 g/mol. The number of carbonyl (C=O) groups excluding carboxylic acids is 2. The Morgan fingerprint density at radius 3 is 1.12 bits per heavy atom. The first-order chi connectivity index (χ1) is 25.6. The largest absolute Gasteiger partial charge is 0.462 e. The van der Waals surface area contributed by atoms with Crippen molar-refractivity contribution in [1.29, 1.82) is 0 Å². The Morgan fingerprint density at radius 2 is 0.769 bits per heavy atom. The van der Waals surface area contributed by atoms with E-state index in [9.17, 15) is 14.7 Å². The second kappa shape index (κ2) is 42.2. The van der Waals surface area contributed by atoms with E-state index in [1.165, 1.54) is 51.4 Å². The predicted molar refractivity (Wildman–Crippen MR) is 223 cm³/mol. The van der Waals surface area contributed by atoms with E-state index < -0.39 is 6.10 Å². The van der Waals surface area contributed by atoms with Crippen molar-refractivity contribution in [2.24, 2.45) is 0 Å². The minimum Gasteiger partial charge on any atom is -0.462 e. The van der Waals surface area contributed by atoms with Crippen LogP contribution in [0.4, 0.5) is 0 Å². The molecule has 294 valence electrons. The summed E-state index contributed by atoms with van der Waals surface area (Å²) in [5.41, 5.74) is 0. The molecule has 0 aromatic rings. The first kappa shape index (κ1) is 48.8. The van der Waals surface area contributed by atoms with Crippen molar-refractivity contribution in [1.82, 2.24) is 0 Å². The summed E-state index contributed by atoms with van der Waals surface area (Å²) < 4.78 is 10.6. The van der Waals surface area contributed by atoms with Gasteiger partial charge < -0.3 is 14.6 Å². The summed E-state index contributed by atoms with van der Waals surface area (Å²) in [6, 6.07) is 0. The molecule has 0 saturated carbocycles. The lowest BCUT2D eigenvalue weighted by Crippen LogP contribution is -2.28. The summed E-state index contributed by atoms with van der Waals surface area (Å²) in [6.45, 7) is 4.01. The summed E-state index contributed by atoms with van der Waals surface area (Å²) in [7, 11) is 0. The van der Waals surface area contributed by atoms with Crippen molar-refractivity contribution in [2.75, 3.05) is 13.2 Å². The van der Waals surface area contributed by atoms with Crippen LogP contribution in [0.5, 0.6) is 0 Å². The Balaban J connectivity index is 3.73. The van der Waals surface area contributed by atoms with Crippen molar-refractivity contribution in [3.8, 4) is 0 Å². The van der Waals surface area contributed by atoms with E-state index in [1.54, 1.807) is 0 Å². The molecule has 5 nitrogen and oxygen atoms in total. The smallest absolute Gasteiger partial charge is 0.306 e. The number of allylic oxidation sites excluding steroid dienone is 16. The van der Waals surface area contributed by atoms with E-state index in [0.29, 0.717) is 12.8 Å². The van der Waals surface area contributed by atoms with Crippen molar-refractivity contribution >= 4 is 11.9 Å². The molecule has 0 aliphatic rings. The van der Waals surface area contributed by atoms with Crippen LogP contribution in [0.3, 0.4) is 0 Å². The van der Waals surface area contributed by atoms with E-state index in [-0.39, 0.29) is 25.2 Å². The van der Waals surface area contributed by atoms with Gasteiger partial charge in [-0.15, -0.1) is 0 Å². The molecule has 1 atom stereocenters. The molecule has 0 aromatic carbocycles. The van der Waals surface area contributed by atoms with Crippen molar-refractivity contribution in [3.05, 3.63) is 97.2 Å². The third-order valence-electron chi connectivity index (χ3n) is 8.35. The monoisotopic (exact) mass is 721 g/mol. The predicted octanol–water partition coefficient (Wildman–Crippen LogP) is 13.3. The van der Waals surface area contributed by atoms with Crippen LogP contribution in [0.2, 0.25) is 0 Å². The number of aliphatic hydroxyl groups is 1. The van der Waals surface area contributed by atoms with Gasteiger partial charge in [0.05, 0.1) is 6.61 Å². The Hall–Kier alpha value is -3.18. The van der Waals surface area contributed by atoms with E-state index in [0.717, 1.165) is 89.9 Å². The van der Waals surface area contributed by atoms with Crippen LogP contribution in [0, 0.1) is 0 Å². The molecule has 0 aliphatic heterocycles. The lowest BCUT2D eigenvalue weighted by molar-refractivity contribution is -0.161. The van der Waals surface area contributed by atoms with E-state index in [4.69, 9.17) is 9.47 Å². The van der Waals surface area contributed by atoms with E-state index >= 15 is 0 Å². The van der Waals surface area contributed by atoms with Gasteiger partial charge >= 0.3 is 11.9 Å². The third kappa shape index (κ3) is 39.6. The second-order valence-corrected chi connectivity index (χ2v) is 13.4. The molecule has 0 rings (SSSR count). The van der Waals surface area contributed by atoms with Gasteiger partial charge in [0.2, 0.25) is 0 Å². The van der Waals surface area contributed by atoms with Gasteiger partial charge in [-0.3, -0.25) is 9.59 Å². The average molecular weight is 721 g/mol. The molecule has 0 aromatic heterocycles. The van der Waals surface area contributed by atoms with Crippen LogP contribution in [0.15, 0.2) is 97.2 Å². The maximum atomic E-state index is 12.2. The highest BCUT2D eigenvalue weighted by molar-refractivity contribution is 5.70. The van der Waals surface area contributed by atoms with Gasteiger partial charge in [-0.2, -0.15) is 0 Å². The number of esters is 2. The summed E-state index contributed by atoms with van der Waals surface area (Å²) in [5.74, 6) is -0.672. The number of carbonyl (C=O) groups is 2. The standard InChI is InChI=1S/C47H76O5/c1-3-5-7-9-11-13-15-17-19-21-23-25-27-29-31-33-35-37-39-41-46(49)51-44-45(43-48)52-47(50)42-40-38-36-34-32-30-28-26-24-22-20-18-16-14-12-10-8-6-4-2/h11-14,17-20,23-26,29-32,45,48H,3-10,15-16,21-22,27-28,33-44H2,1-2H3/b13-11+,14-12+,19-17+,20-18+,25-23+,26-24+,31-29+,32-30+/t45-/m0/s1. The van der Waals surface area contributed by atoms with Crippen LogP contribution in [0.1, 0.15) is 168 Å². The molecule has 52 heavy (non-hydrogen) atoms. The minimum absolute atomic E-state index is 0.102. The first-order valence-corrected chi connectivity index (χ1v) is 20.8. The lowest BCUT2D eigenvalue weighted by Gasteiger charge is -2.15. The molecule has 0 saturated heterocycles. The number of hydrogen-bond acceptors (Lipinski definition) is 5. The minimum atomic E-state index is -0.808. The Bertz CT molecular complexity index is 1040. The fourth-order valence-electron chi connectivity index (χ4n) is 5.17. The summed E-state index contributed by atoms with van der Waals surface area (Å²) in [6.07, 6.45) is 58.9. The maximum Gasteiger partial charge on any atom is 0.306 e. The summed E-state index contributed by atoms with van der Waals surface area (Å²) in [5, 5.41) is 9.56. The van der Waals surface area contributed by atoms with Gasteiger partial charge in [0, 0.05) is 12.8 Å². The zero-order chi connectivity index (χ0) is 37.8. The maximum absolute atomic E-state index is 12.2. The molecule has 0 bridgehead atoms. The second-order valence-electron chi connectivity index (χ2n) is 13.4. The lowest BCUT2D eigenvalue weighted by atomic mass is 10.1. The van der Waals surface area contributed by atoms with Crippen molar-refractivity contribution < 1.29 is 24.2 Å². The number of hydrogen-bond donors (Lipinski definition) is 1. The number of aliphatic hydroxyl groups excluding tert-OH is 1. The molecular formula is C47H76O5. The van der Waals surface area contributed by atoms with E-state index in [1.807, 2.05) is 0 Å². The Kier molecular flexibility index (Phi) is 39.7. The molecule has 0 unspecified atom stereocenters. The number of rotatable bonds is 36. The van der Waals surface area contributed by atoms with Crippen LogP contribution in [-0.2, 0) is 19.1 Å². The van der Waals surface area contributed by atoms with Gasteiger partial charge in [-0.1, -0.05) is 150 Å². The normalized spacial score (nSPS) is 13.2. The molecule has 5 heteroatoms. The molecule has 0 spiro atoms. The topological polar surface area (TPSA) is 72.8 Å². The van der Waals surface area contributed by atoms with Gasteiger partial charge in [-0.25, -0.2) is 0 Å². The molecule has 0 heterocycles. The van der Waals surface area contributed by atoms with Crippen molar-refractivity contribution in [3.63, 3.8) is 0 Å². The zero-order valence-electron chi connectivity index (χ0n) is 33.3. The fourth-order valence-corrected chi connectivity index (χ4v) is 5.17. The van der Waals surface area contributed by atoms with Crippen molar-refractivity contribution in [2.45, 2.75) is 174 Å². The highest BCUT2D eigenvalue weighted by atomic mass is 16.6.